The summed E-state index contributed by atoms with van der Waals surface area (Å²) in [5, 5.41) is 0. The zero-order valence-electron chi connectivity index (χ0n) is 8.54. The maximum atomic E-state index is 4.23. The van der Waals surface area contributed by atoms with Crippen LogP contribution in [0.2, 0.25) is 0 Å². The molecule has 0 aromatic heterocycles. The van der Waals surface area contributed by atoms with Crippen LogP contribution in [0.1, 0.15) is 34.1 Å². The molecule has 0 aliphatic carbocycles. The summed E-state index contributed by atoms with van der Waals surface area (Å²) in [4.78, 5) is 4.23. The minimum Gasteiger partial charge on any atom is -0.269 e. The molecule has 0 unspecified atom stereocenters. The summed E-state index contributed by atoms with van der Waals surface area (Å²) in [5.74, 6) is 2.11. The monoisotopic (exact) mass is 165 g/mol. The Kier molecular flexibility index (Phi) is 3.07. The molecule has 1 nitrogen and oxygen atoms in total. The van der Waals surface area contributed by atoms with E-state index in [1.54, 1.807) is 0 Å². The third-order valence-corrected chi connectivity index (χ3v) is 2.59. The van der Waals surface area contributed by atoms with E-state index in [9.17, 15) is 0 Å². The zero-order chi connectivity index (χ0) is 9.14. The maximum absolute atomic E-state index is 4.23. The van der Waals surface area contributed by atoms with Crippen molar-refractivity contribution in [2.75, 3.05) is 0 Å². The molecule has 1 aliphatic rings. The fourth-order valence-electron chi connectivity index (χ4n) is 1.78. The van der Waals surface area contributed by atoms with Gasteiger partial charge in [-0.05, 0) is 29.7 Å². The van der Waals surface area contributed by atoms with Crippen LogP contribution in [0.3, 0.4) is 0 Å². The second-order valence-corrected chi connectivity index (χ2v) is 4.20. The molecule has 0 aromatic rings. The molecule has 0 fully saturated rings. The molecular weight excluding hydrogens is 146 g/mol. The van der Waals surface area contributed by atoms with Gasteiger partial charge in [0, 0.05) is 12.4 Å². The minimum atomic E-state index is 0.648. The number of aliphatic imine (C=N–C) groups is 1. The van der Waals surface area contributed by atoms with Crippen LogP contribution in [-0.2, 0) is 0 Å². The smallest absolute Gasteiger partial charge is 0.0261 e. The maximum Gasteiger partial charge on any atom is 0.0261 e. The van der Waals surface area contributed by atoms with Gasteiger partial charge in [0.1, 0.15) is 0 Å². The van der Waals surface area contributed by atoms with Crippen molar-refractivity contribution in [2.24, 2.45) is 22.7 Å². The Labute approximate surface area is 75.6 Å². The van der Waals surface area contributed by atoms with Gasteiger partial charge in [0.05, 0.1) is 0 Å². The van der Waals surface area contributed by atoms with Gasteiger partial charge in [-0.2, -0.15) is 0 Å². The van der Waals surface area contributed by atoms with Gasteiger partial charge >= 0.3 is 0 Å². The van der Waals surface area contributed by atoms with E-state index in [1.807, 2.05) is 6.21 Å². The number of rotatable bonds is 2. The van der Waals surface area contributed by atoms with Gasteiger partial charge in [-0.25, -0.2) is 0 Å². The number of allylic oxidation sites excluding steroid dienone is 1. The molecule has 0 radical (unpaired) electrons. The average molecular weight is 165 g/mol. The third-order valence-electron chi connectivity index (χ3n) is 2.59. The SMILES string of the molecule is CC(C)C1=CN=CC[C@H]1C(C)C. The van der Waals surface area contributed by atoms with Gasteiger partial charge in [-0.3, -0.25) is 4.99 Å². The van der Waals surface area contributed by atoms with Crippen molar-refractivity contribution in [1.82, 2.24) is 0 Å². The second kappa shape index (κ2) is 3.88. The van der Waals surface area contributed by atoms with Gasteiger partial charge in [-0.15, -0.1) is 0 Å². The topological polar surface area (TPSA) is 12.4 Å². The van der Waals surface area contributed by atoms with Crippen LogP contribution >= 0.6 is 0 Å². The highest BCUT2D eigenvalue weighted by Crippen LogP contribution is 2.30. The highest BCUT2D eigenvalue weighted by Gasteiger charge is 2.21. The van der Waals surface area contributed by atoms with Crippen molar-refractivity contribution in [2.45, 2.75) is 34.1 Å². The van der Waals surface area contributed by atoms with E-state index in [-0.39, 0.29) is 0 Å². The van der Waals surface area contributed by atoms with Gasteiger partial charge in [-0.1, -0.05) is 27.7 Å². The van der Waals surface area contributed by atoms with Crippen molar-refractivity contribution >= 4 is 6.21 Å². The zero-order valence-corrected chi connectivity index (χ0v) is 8.54. The van der Waals surface area contributed by atoms with Crippen LogP contribution in [0.4, 0.5) is 0 Å². The van der Waals surface area contributed by atoms with Crippen LogP contribution in [0, 0.1) is 17.8 Å². The van der Waals surface area contributed by atoms with Crippen molar-refractivity contribution in [3.8, 4) is 0 Å². The van der Waals surface area contributed by atoms with Crippen molar-refractivity contribution in [3.05, 3.63) is 11.8 Å². The second-order valence-electron chi connectivity index (χ2n) is 4.20. The molecule has 1 aliphatic heterocycles. The van der Waals surface area contributed by atoms with E-state index < -0.39 is 0 Å². The quantitative estimate of drug-likeness (QED) is 0.595. The molecule has 0 bridgehead atoms. The predicted molar refractivity (Wildman–Crippen MR) is 54.4 cm³/mol. The van der Waals surface area contributed by atoms with Crippen molar-refractivity contribution in [1.29, 1.82) is 0 Å². The van der Waals surface area contributed by atoms with E-state index in [2.05, 4.69) is 38.9 Å². The molecule has 1 heterocycles. The van der Waals surface area contributed by atoms with E-state index >= 15 is 0 Å². The third kappa shape index (κ3) is 1.96. The largest absolute Gasteiger partial charge is 0.269 e. The average Bonchev–Trinajstić information content (AvgIpc) is 2.04. The summed E-state index contributed by atoms with van der Waals surface area (Å²) >= 11 is 0. The highest BCUT2D eigenvalue weighted by molar-refractivity contribution is 5.61. The minimum absolute atomic E-state index is 0.648. The lowest BCUT2D eigenvalue weighted by molar-refractivity contribution is 0.420. The van der Waals surface area contributed by atoms with E-state index in [1.165, 1.54) is 5.57 Å². The Bertz CT molecular complexity index is 199. The Hall–Kier alpha value is -0.590. The molecular formula is C11H19N. The molecule has 68 valence electrons. The molecule has 0 amide bonds. The van der Waals surface area contributed by atoms with Gasteiger partial charge in [0.25, 0.3) is 0 Å². The highest BCUT2D eigenvalue weighted by atomic mass is 14.7. The van der Waals surface area contributed by atoms with Crippen molar-refractivity contribution < 1.29 is 0 Å². The molecule has 0 spiro atoms. The van der Waals surface area contributed by atoms with Gasteiger partial charge in [0.15, 0.2) is 0 Å². The summed E-state index contributed by atoms with van der Waals surface area (Å²) in [6.45, 7) is 9.09. The van der Waals surface area contributed by atoms with Crippen molar-refractivity contribution in [3.63, 3.8) is 0 Å². The lowest BCUT2D eigenvalue weighted by Gasteiger charge is -2.26. The number of hydrogen-bond acceptors (Lipinski definition) is 1. The fourth-order valence-corrected chi connectivity index (χ4v) is 1.78. The van der Waals surface area contributed by atoms with E-state index in [0.29, 0.717) is 5.92 Å². The van der Waals surface area contributed by atoms with Crippen LogP contribution in [0.25, 0.3) is 0 Å². The first kappa shape index (κ1) is 9.50. The normalized spacial score (nSPS) is 23.5. The lowest BCUT2D eigenvalue weighted by atomic mass is 9.80. The van der Waals surface area contributed by atoms with Crippen LogP contribution in [0.5, 0.6) is 0 Å². The predicted octanol–water partition coefficient (Wildman–Crippen LogP) is 3.27. The summed E-state index contributed by atoms with van der Waals surface area (Å²) in [6.07, 6.45) is 5.22. The summed E-state index contributed by atoms with van der Waals surface area (Å²) in [5.41, 5.74) is 1.52. The van der Waals surface area contributed by atoms with Crippen LogP contribution < -0.4 is 0 Å². The molecule has 0 aromatic carbocycles. The molecule has 1 heteroatoms. The summed E-state index contributed by atoms with van der Waals surface area (Å²) in [7, 11) is 0. The first-order valence-corrected chi connectivity index (χ1v) is 4.84. The Morgan fingerprint density at radius 2 is 2.00 bits per heavy atom. The van der Waals surface area contributed by atoms with Crippen LogP contribution in [-0.4, -0.2) is 6.21 Å². The molecule has 1 atom stereocenters. The summed E-state index contributed by atoms with van der Waals surface area (Å²) in [6, 6.07) is 0. The molecule has 0 saturated carbocycles. The van der Waals surface area contributed by atoms with Gasteiger partial charge in [0.2, 0.25) is 0 Å². The van der Waals surface area contributed by atoms with Crippen LogP contribution in [0.15, 0.2) is 16.8 Å². The summed E-state index contributed by atoms with van der Waals surface area (Å²) < 4.78 is 0. The van der Waals surface area contributed by atoms with E-state index in [4.69, 9.17) is 0 Å². The first-order valence-electron chi connectivity index (χ1n) is 4.84. The molecule has 12 heavy (non-hydrogen) atoms. The van der Waals surface area contributed by atoms with Gasteiger partial charge < -0.3 is 0 Å². The lowest BCUT2D eigenvalue weighted by Crippen LogP contribution is -2.18. The molecule has 0 saturated heterocycles. The Morgan fingerprint density at radius 3 is 2.42 bits per heavy atom. The van der Waals surface area contributed by atoms with E-state index in [0.717, 1.165) is 18.3 Å². The Morgan fingerprint density at radius 1 is 1.33 bits per heavy atom. The Balaban J connectivity index is 2.77. The standard InChI is InChI=1S/C11H19N/c1-8(2)10-5-6-12-7-11(10)9(3)4/h6-10H,5H2,1-4H3/t10-/m0/s1. The fraction of sp³-hybridized carbons (Fsp3) is 0.727. The number of nitrogens with zero attached hydrogens (tertiary/aromatic N) is 1. The first-order chi connectivity index (χ1) is 5.63. The molecule has 1 rings (SSSR count). The number of hydrogen-bond donors (Lipinski definition) is 0. The molecule has 0 N–H and O–H groups in total.